The fraction of sp³-hybridized carbons (Fsp3) is 0.600. The number of anilines is 2. The van der Waals surface area contributed by atoms with E-state index >= 15 is 0 Å². The summed E-state index contributed by atoms with van der Waals surface area (Å²) in [5, 5.41) is 2.94. The van der Waals surface area contributed by atoms with Gasteiger partial charge in [0, 0.05) is 49.4 Å². The number of carbonyl (C=O) groups excluding carboxylic acids is 2. The van der Waals surface area contributed by atoms with Crippen molar-refractivity contribution >= 4 is 23.2 Å². The van der Waals surface area contributed by atoms with E-state index in [0.29, 0.717) is 12.3 Å². The van der Waals surface area contributed by atoms with Gasteiger partial charge < -0.3 is 15.1 Å². The Hall–Kier alpha value is -2.04. The molecule has 0 bridgehead atoms. The first kappa shape index (κ1) is 19.3. The summed E-state index contributed by atoms with van der Waals surface area (Å²) < 4.78 is 0. The minimum atomic E-state index is -0.405. The van der Waals surface area contributed by atoms with Gasteiger partial charge in [-0.3, -0.25) is 9.59 Å². The third-order valence-electron chi connectivity index (χ3n) is 4.39. The van der Waals surface area contributed by atoms with Gasteiger partial charge in [-0.15, -0.1) is 0 Å². The Morgan fingerprint density at radius 1 is 1.04 bits per heavy atom. The standard InChI is InChI=1S/C20H31N3O2/c1-15(2)14-18(24)23-12-10-22(11-13-23)17-8-6-16(7-9-17)21-19(25)20(3,4)5/h6-9,15H,10-14H2,1-5H3,(H,21,25). The molecule has 1 aliphatic rings. The van der Waals surface area contributed by atoms with Crippen molar-refractivity contribution in [1.29, 1.82) is 0 Å². The molecule has 0 spiro atoms. The molecule has 1 heterocycles. The van der Waals surface area contributed by atoms with Crippen LogP contribution < -0.4 is 10.2 Å². The Kier molecular flexibility index (Phi) is 6.09. The van der Waals surface area contributed by atoms with Crippen LogP contribution in [0.15, 0.2) is 24.3 Å². The molecule has 25 heavy (non-hydrogen) atoms. The van der Waals surface area contributed by atoms with Crippen LogP contribution in [-0.4, -0.2) is 42.9 Å². The summed E-state index contributed by atoms with van der Waals surface area (Å²) in [7, 11) is 0. The maximum Gasteiger partial charge on any atom is 0.229 e. The predicted octanol–water partition coefficient (Wildman–Crippen LogP) is 3.37. The molecular weight excluding hydrogens is 314 g/mol. The van der Waals surface area contributed by atoms with E-state index in [0.717, 1.165) is 37.6 Å². The van der Waals surface area contributed by atoms with Crippen LogP contribution in [0, 0.1) is 11.3 Å². The molecule has 1 saturated heterocycles. The largest absolute Gasteiger partial charge is 0.368 e. The second-order valence-corrected chi connectivity index (χ2v) is 8.22. The lowest BCUT2D eigenvalue weighted by Gasteiger charge is -2.36. The summed E-state index contributed by atoms with van der Waals surface area (Å²) in [6.45, 7) is 13.1. The average Bonchev–Trinajstić information content (AvgIpc) is 2.54. The molecule has 138 valence electrons. The van der Waals surface area contributed by atoms with Gasteiger partial charge in [-0.05, 0) is 30.2 Å². The fourth-order valence-electron chi connectivity index (χ4n) is 2.77. The minimum absolute atomic E-state index is 0.0116. The zero-order chi connectivity index (χ0) is 18.6. The smallest absolute Gasteiger partial charge is 0.229 e. The lowest BCUT2D eigenvalue weighted by Crippen LogP contribution is -2.49. The number of amides is 2. The van der Waals surface area contributed by atoms with Gasteiger partial charge in [-0.1, -0.05) is 34.6 Å². The molecular formula is C20H31N3O2. The zero-order valence-electron chi connectivity index (χ0n) is 16.1. The summed E-state index contributed by atoms with van der Waals surface area (Å²) in [4.78, 5) is 28.4. The normalized spacial score (nSPS) is 15.4. The molecule has 0 unspecified atom stereocenters. The van der Waals surface area contributed by atoms with Crippen LogP contribution in [0.3, 0.4) is 0 Å². The molecule has 0 aromatic heterocycles. The first-order valence-electron chi connectivity index (χ1n) is 9.11. The van der Waals surface area contributed by atoms with Crippen LogP contribution in [-0.2, 0) is 9.59 Å². The molecule has 0 saturated carbocycles. The van der Waals surface area contributed by atoms with Crippen LogP contribution in [0.4, 0.5) is 11.4 Å². The first-order chi connectivity index (χ1) is 11.7. The number of benzene rings is 1. The quantitative estimate of drug-likeness (QED) is 0.910. The van der Waals surface area contributed by atoms with Crippen LogP contribution in [0.1, 0.15) is 41.0 Å². The molecule has 2 amide bonds. The van der Waals surface area contributed by atoms with E-state index in [-0.39, 0.29) is 11.8 Å². The Bertz CT molecular complexity index is 594. The van der Waals surface area contributed by atoms with E-state index in [1.807, 2.05) is 49.9 Å². The third kappa shape index (κ3) is 5.48. The summed E-state index contributed by atoms with van der Waals surface area (Å²) in [6, 6.07) is 7.94. The van der Waals surface area contributed by atoms with Gasteiger partial charge in [0.25, 0.3) is 0 Å². The van der Waals surface area contributed by atoms with Gasteiger partial charge in [-0.2, -0.15) is 0 Å². The number of hydrogen-bond acceptors (Lipinski definition) is 3. The van der Waals surface area contributed by atoms with E-state index in [4.69, 9.17) is 0 Å². The predicted molar refractivity (Wildman–Crippen MR) is 103 cm³/mol. The van der Waals surface area contributed by atoms with Crippen molar-refractivity contribution in [2.75, 3.05) is 36.4 Å². The highest BCUT2D eigenvalue weighted by molar-refractivity contribution is 5.94. The Morgan fingerprint density at radius 3 is 2.08 bits per heavy atom. The zero-order valence-corrected chi connectivity index (χ0v) is 16.1. The Morgan fingerprint density at radius 2 is 1.60 bits per heavy atom. The highest BCUT2D eigenvalue weighted by Gasteiger charge is 2.23. The molecule has 5 nitrogen and oxygen atoms in total. The van der Waals surface area contributed by atoms with E-state index in [1.165, 1.54) is 0 Å². The van der Waals surface area contributed by atoms with E-state index in [1.54, 1.807) is 0 Å². The van der Waals surface area contributed by atoms with Crippen molar-refractivity contribution in [2.24, 2.45) is 11.3 Å². The molecule has 1 aromatic carbocycles. The molecule has 0 aliphatic carbocycles. The van der Waals surface area contributed by atoms with Gasteiger partial charge in [0.05, 0.1) is 0 Å². The van der Waals surface area contributed by atoms with Gasteiger partial charge >= 0.3 is 0 Å². The molecule has 2 rings (SSSR count). The van der Waals surface area contributed by atoms with Gasteiger partial charge in [-0.25, -0.2) is 0 Å². The fourth-order valence-corrected chi connectivity index (χ4v) is 2.77. The second kappa shape index (κ2) is 7.89. The summed E-state index contributed by atoms with van der Waals surface area (Å²) >= 11 is 0. The maximum atomic E-state index is 12.1. The number of rotatable bonds is 4. The molecule has 0 atom stereocenters. The van der Waals surface area contributed by atoms with Crippen molar-refractivity contribution in [3.8, 4) is 0 Å². The van der Waals surface area contributed by atoms with E-state index in [2.05, 4.69) is 24.1 Å². The Labute approximate surface area is 151 Å². The number of hydrogen-bond donors (Lipinski definition) is 1. The van der Waals surface area contributed by atoms with Crippen molar-refractivity contribution in [2.45, 2.75) is 41.0 Å². The lowest BCUT2D eigenvalue weighted by atomic mass is 9.95. The van der Waals surface area contributed by atoms with Crippen LogP contribution in [0.2, 0.25) is 0 Å². The summed E-state index contributed by atoms with van der Waals surface area (Å²) in [5.41, 5.74) is 1.54. The van der Waals surface area contributed by atoms with E-state index < -0.39 is 5.41 Å². The molecule has 0 radical (unpaired) electrons. The second-order valence-electron chi connectivity index (χ2n) is 8.22. The van der Waals surface area contributed by atoms with Crippen LogP contribution >= 0.6 is 0 Å². The summed E-state index contributed by atoms with van der Waals surface area (Å²) in [6.07, 6.45) is 0.627. The van der Waals surface area contributed by atoms with Crippen LogP contribution in [0.25, 0.3) is 0 Å². The van der Waals surface area contributed by atoms with Gasteiger partial charge in [0.2, 0.25) is 11.8 Å². The number of carbonyl (C=O) groups is 2. The monoisotopic (exact) mass is 345 g/mol. The number of nitrogens with one attached hydrogen (secondary N) is 1. The van der Waals surface area contributed by atoms with E-state index in [9.17, 15) is 9.59 Å². The number of nitrogens with zero attached hydrogens (tertiary/aromatic N) is 2. The van der Waals surface area contributed by atoms with Gasteiger partial charge in [0.1, 0.15) is 0 Å². The molecule has 1 aromatic rings. The Balaban J connectivity index is 1.89. The van der Waals surface area contributed by atoms with Crippen molar-refractivity contribution in [3.63, 3.8) is 0 Å². The average molecular weight is 345 g/mol. The van der Waals surface area contributed by atoms with Crippen molar-refractivity contribution in [3.05, 3.63) is 24.3 Å². The SMILES string of the molecule is CC(C)CC(=O)N1CCN(c2ccc(NC(=O)C(C)(C)C)cc2)CC1. The molecule has 1 aliphatic heterocycles. The molecule has 1 N–H and O–H groups in total. The topological polar surface area (TPSA) is 52.7 Å². The third-order valence-corrected chi connectivity index (χ3v) is 4.39. The lowest BCUT2D eigenvalue weighted by molar-refractivity contribution is -0.132. The number of piperazine rings is 1. The molecule has 5 heteroatoms. The summed E-state index contributed by atoms with van der Waals surface area (Å²) in [5.74, 6) is 0.675. The van der Waals surface area contributed by atoms with Crippen molar-refractivity contribution < 1.29 is 9.59 Å². The molecule has 1 fully saturated rings. The van der Waals surface area contributed by atoms with Gasteiger partial charge in [0.15, 0.2) is 0 Å². The maximum absolute atomic E-state index is 12.1. The van der Waals surface area contributed by atoms with Crippen LogP contribution in [0.5, 0.6) is 0 Å². The minimum Gasteiger partial charge on any atom is -0.368 e. The highest BCUT2D eigenvalue weighted by atomic mass is 16.2. The first-order valence-corrected chi connectivity index (χ1v) is 9.11. The highest BCUT2D eigenvalue weighted by Crippen LogP contribution is 2.22. The van der Waals surface area contributed by atoms with Crippen molar-refractivity contribution in [1.82, 2.24) is 4.90 Å².